The van der Waals surface area contributed by atoms with Crippen molar-refractivity contribution in [2.45, 2.75) is 18.9 Å². The lowest BCUT2D eigenvalue weighted by atomic mass is 10.5. The van der Waals surface area contributed by atoms with Crippen LogP contribution >= 0.6 is 19.4 Å². The summed E-state index contributed by atoms with van der Waals surface area (Å²) in [7, 11) is -3.30. The summed E-state index contributed by atoms with van der Waals surface area (Å²) < 4.78 is 25.7. The van der Waals surface area contributed by atoms with Gasteiger partial charge in [0.05, 0.1) is 13.2 Å². The first-order chi connectivity index (χ1) is 5.12. The summed E-state index contributed by atoms with van der Waals surface area (Å²) in [6, 6.07) is 0. The van der Waals surface area contributed by atoms with Crippen LogP contribution in [0.25, 0.3) is 0 Å². The Morgan fingerprint density at radius 3 is 2.55 bits per heavy atom. The van der Waals surface area contributed by atoms with E-state index in [2.05, 4.69) is 0 Å². The Labute approximate surface area is 70.4 Å². The van der Waals surface area contributed by atoms with Crippen molar-refractivity contribution in [3.05, 3.63) is 0 Å². The zero-order chi connectivity index (χ0) is 8.32. The molecule has 0 saturated carbocycles. The smallest absolute Gasteiger partial charge is 0.287 e. The number of alkyl halides is 1. The van der Waals surface area contributed by atoms with Crippen molar-refractivity contribution in [2.24, 2.45) is 0 Å². The summed E-state index contributed by atoms with van der Waals surface area (Å²) in [5.41, 5.74) is -0.654. The summed E-state index contributed by atoms with van der Waals surface area (Å²) in [6.45, 7) is 2.37. The second-order valence-electron chi connectivity index (χ2n) is 2.12. The summed E-state index contributed by atoms with van der Waals surface area (Å²) >= 11 is 5.45. The van der Waals surface area contributed by atoms with E-state index in [1.807, 2.05) is 0 Å². The second-order valence-corrected chi connectivity index (χ2v) is 4.35. The molecule has 1 aliphatic heterocycles. The van der Waals surface area contributed by atoms with E-state index < -0.39 is 13.4 Å². The predicted octanol–water partition coefficient (Wildman–Crippen LogP) is 2.13. The van der Waals surface area contributed by atoms with Crippen molar-refractivity contribution in [3.8, 4) is 0 Å². The van der Waals surface area contributed by atoms with Crippen LogP contribution in [0.15, 0.2) is 0 Å². The van der Waals surface area contributed by atoms with Gasteiger partial charge in [-0.05, 0) is 13.3 Å². The Morgan fingerprint density at radius 1 is 1.55 bits per heavy atom. The fraction of sp³-hybridized carbons (Fsp3) is 1.00. The minimum Gasteiger partial charge on any atom is -0.287 e. The first-order valence-corrected chi connectivity index (χ1v) is 5.24. The molecular formula is C5H10ClO4P. The van der Waals surface area contributed by atoms with Gasteiger partial charge in [-0.2, -0.15) is 0 Å². The Hall–Kier alpha value is 0.400. The highest BCUT2D eigenvalue weighted by atomic mass is 35.5. The zero-order valence-corrected chi connectivity index (χ0v) is 7.81. The van der Waals surface area contributed by atoms with Gasteiger partial charge in [0.1, 0.15) is 5.56 Å². The molecule has 1 fully saturated rings. The van der Waals surface area contributed by atoms with Crippen LogP contribution < -0.4 is 0 Å². The predicted molar refractivity (Wildman–Crippen MR) is 40.5 cm³/mol. The van der Waals surface area contributed by atoms with Crippen molar-refractivity contribution in [2.75, 3.05) is 13.2 Å². The summed E-state index contributed by atoms with van der Waals surface area (Å²) in [5, 5.41) is 0. The van der Waals surface area contributed by atoms with E-state index in [0.29, 0.717) is 13.2 Å². The van der Waals surface area contributed by atoms with Crippen LogP contribution in [0.5, 0.6) is 0 Å². The van der Waals surface area contributed by atoms with Crippen LogP contribution in [-0.4, -0.2) is 18.8 Å². The van der Waals surface area contributed by atoms with Crippen LogP contribution in [-0.2, 0) is 18.1 Å². The molecule has 1 saturated heterocycles. The van der Waals surface area contributed by atoms with Gasteiger partial charge in [0.15, 0.2) is 0 Å². The molecule has 0 aliphatic carbocycles. The molecule has 1 unspecified atom stereocenters. The molecule has 1 aliphatic rings. The molecule has 0 bridgehead atoms. The molecule has 1 heterocycles. The molecule has 0 N–H and O–H groups in total. The monoisotopic (exact) mass is 200 g/mol. The van der Waals surface area contributed by atoms with Gasteiger partial charge < -0.3 is 0 Å². The lowest BCUT2D eigenvalue weighted by Crippen LogP contribution is -2.12. The highest BCUT2D eigenvalue weighted by molar-refractivity contribution is 7.48. The number of phosphoric ester groups is 1. The highest BCUT2D eigenvalue weighted by Crippen LogP contribution is 2.52. The molecule has 0 radical (unpaired) electrons. The molecule has 6 heteroatoms. The molecule has 0 aromatic carbocycles. The van der Waals surface area contributed by atoms with Gasteiger partial charge >= 0.3 is 7.82 Å². The Bertz CT molecular complexity index is 162. The molecule has 66 valence electrons. The van der Waals surface area contributed by atoms with Crippen molar-refractivity contribution < 1.29 is 18.1 Å². The first-order valence-electron chi connectivity index (χ1n) is 3.34. The van der Waals surface area contributed by atoms with E-state index in [9.17, 15) is 4.57 Å². The summed E-state index contributed by atoms with van der Waals surface area (Å²) in [5.74, 6) is 0. The third-order valence-electron chi connectivity index (χ3n) is 1.06. The lowest BCUT2D eigenvalue weighted by Gasteiger charge is -2.22. The second kappa shape index (κ2) is 3.87. The number of rotatable bonds is 2. The highest BCUT2D eigenvalue weighted by Gasteiger charge is 2.31. The first kappa shape index (κ1) is 9.49. The van der Waals surface area contributed by atoms with Gasteiger partial charge in [-0.15, -0.1) is 0 Å². The fourth-order valence-corrected chi connectivity index (χ4v) is 2.24. The van der Waals surface area contributed by atoms with E-state index in [1.54, 1.807) is 6.92 Å². The van der Waals surface area contributed by atoms with Crippen molar-refractivity contribution in [1.82, 2.24) is 0 Å². The molecular weight excluding hydrogens is 190 g/mol. The summed E-state index contributed by atoms with van der Waals surface area (Å²) in [6.07, 6.45) is 0.740. The molecule has 11 heavy (non-hydrogen) atoms. The van der Waals surface area contributed by atoms with Gasteiger partial charge in [0.25, 0.3) is 0 Å². The van der Waals surface area contributed by atoms with Crippen LogP contribution in [0, 0.1) is 0 Å². The number of phosphoric acid groups is 1. The number of hydrogen-bond donors (Lipinski definition) is 0. The van der Waals surface area contributed by atoms with E-state index in [-0.39, 0.29) is 0 Å². The molecule has 1 atom stereocenters. The Balaban J connectivity index is 2.44. The number of halogens is 1. The number of hydrogen-bond acceptors (Lipinski definition) is 4. The molecule has 1 rings (SSSR count). The van der Waals surface area contributed by atoms with Crippen LogP contribution in [0.3, 0.4) is 0 Å². The van der Waals surface area contributed by atoms with E-state index >= 15 is 0 Å². The van der Waals surface area contributed by atoms with E-state index in [1.165, 1.54) is 0 Å². The third kappa shape index (κ3) is 3.09. The van der Waals surface area contributed by atoms with Crippen molar-refractivity contribution >= 4 is 19.4 Å². The fourth-order valence-electron chi connectivity index (χ4n) is 0.688. The topological polar surface area (TPSA) is 44.8 Å². The molecule has 0 aromatic rings. The van der Waals surface area contributed by atoms with Gasteiger partial charge in [-0.25, -0.2) is 4.57 Å². The maximum Gasteiger partial charge on any atom is 0.476 e. The maximum absolute atomic E-state index is 11.3. The lowest BCUT2D eigenvalue weighted by molar-refractivity contribution is 0.0706. The van der Waals surface area contributed by atoms with Crippen LogP contribution in [0.1, 0.15) is 13.3 Å². The zero-order valence-electron chi connectivity index (χ0n) is 6.16. The largest absolute Gasteiger partial charge is 0.476 e. The van der Waals surface area contributed by atoms with Gasteiger partial charge in [-0.3, -0.25) is 13.6 Å². The molecule has 0 aromatic heterocycles. The Morgan fingerprint density at radius 2 is 2.09 bits per heavy atom. The standard InChI is InChI=1S/C5H10ClO4P/c1-5(6)10-11(7)8-3-2-4-9-11/h5H,2-4H2,1H3. The molecule has 0 amide bonds. The van der Waals surface area contributed by atoms with Crippen molar-refractivity contribution in [3.63, 3.8) is 0 Å². The van der Waals surface area contributed by atoms with Gasteiger partial charge in [0.2, 0.25) is 0 Å². The molecule has 4 nitrogen and oxygen atoms in total. The SMILES string of the molecule is CC(Cl)OP1(=O)OCCCO1. The van der Waals surface area contributed by atoms with Crippen molar-refractivity contribution in [1.29, 1.82) is 0 Å². The minimum absolute atomic E-state index is 0.404. The summed E-state index contributed by atoms with van der Waals surface area (Å²) in [4.78, 5) is 0. The van der Waals surface area contributed by atoms with E-state index in [4.69, 9.17) is 25.2 Å². The normalized spacial score (nSPS) is 26.4. The maximum atomic E-state index is 11.3. The van der Waals surface area contributed by atoms with Crippen LogP contribution in [0.4, 0.5) is 0 Å². The Kier molecular flexibility index (Phi) is 3.34. The average molecular weight is 201 g/mol. The minimum atomic E-state index is -3.30. The van der Waals surface area contributed by atoms with E-state index in [0.717, 1.165) is 6.42 Å². The van der Waals surface area contributed by atoms with Gasteiger partial charge in [-0.1, -0.05) is 11.6 Å². The third-order valence-corrected chi connectivity index (χ3v) is 2.85. The van der Waals surface area contributed by atoms with Gasteiger partial charge in [0, 0.05) is 0 Å². The quantitative estimate of drug-likeness (QED) is 0.506. The average Bonchev–Trinajstić information content (AvgIpc) is 1.85. The van der Waals surface area contributed by atoms with Crippen LogP contribution in [0.2, 0.25) is 0 Å². The molecule has 0 spiro atoms.